The second kappa shape index (κ2) is 6.19. The molecule has 4 nitrogen and oxygen atoms in total. The third-order valence-electron chi connectivity index (χ3n) is 4.27. The van der Waals surface area contributed by atoms with Crippen LogP contribution >= 0.6 is 34.8 Å². The number of fused-ring (bicyclic) bond motifs is 1. The van der Waals surface area contributed by atoms with Crippen LogP contribution in [0, 0.1) is 5.41 Å². The molecule has 130 valence electrons. The largest absolute Gasteiger partial charge is 0.381 e. The van der Waals surface area contributed by atoms with Gasteiger partial charge in [0, 0.05) is 18.9 Å². The van der Waals surface area contributed by atoms with E-state index in [-0.39, 0.29) is 17.5 Å². The van der Waals surface area contributed by atoms with Crippen molar-refractivity contribution in [3.05, 3.63) is 42.0 Å². The number of alkyl halides is 3. The van der Waals surface area contributed by atoms with Gasteiger partial charge in [-0.2, -0.15) is 0 Å². The van der Waals surface area contributed by atoms with Crippen LogP contribution in [0.15, 0.2) is 41.4 Å². The summed E-state index contributed by atoms with van der Waals surface area (Å²) in [6.45, 7) is 4.21. The summed E-state index contributed by atoms with van der Waals surface area (Å²) < 4.78 is 3.92. The van der Waals surface area contributed by atoms with E-state index >= 15 is 0 Å². The highest BCUT2D eigenvalue weighted by Crippen LogP contribution is 2.52. The number of rotatable bonds is 3. The average Bonchev–Trinajstić information content (AvgIpc) is 2.95. The van der Waals surface area contributed by atoms with Gasteiger partial charge in [-0.3, -0.25) is 0 Å². The molecule has 0 aliphatic carbocycles. The molecule has 2 aliphatic heterocycles. The quantitative estimate of drug-likeness (QED) is 0.695. The molecule has 2 heterocycles. The van der Waals surface area contributed by atoms with Crippen LogP contribution in [0.2, 0.25) is 0 Å². The summed E-state index contributed by atoms with van der Waals surface area (Å²) in [6.07, 6.45) is 4.33. The number of ether oxygens (including phenoxy) is 1. The number of hydrogen-bond acceptors (Lipinski definition) is 4. The van der Waals surface area contributed by atoms with Crippen LogP contribution < -0.4 is 0 Å². The van der Waals surface area contributed by atoms with Gasteiger partial charge in [0.2, 0.25) is 0 Å². The summed E-state index contributed by atoms with van der Waals surface area (Å²) in [5, 5.41) is 1.68. The van der Waals surface area contributed by atoms with Gasteiger partial charge >= 0.3 is 0 Å². The molecule has 0 bridgehead atoms. The normalized spacial score (nSPS) is 29.6. The SMILES string of the molecule is CO[C@@H]1N2OC(C(Cl)(Cl)Cl)=N[C@@]2(/C=C/c2ccccc2)CC1(C)C. The van der Waals surface area contributed by atoms with Crippen molar-refractivity contribution >= 4 is 46.8 Å². The molecule has 2 aliphatic rings. The first-order chi connectivity index (χ1) is 11.2. The number of benzene rings is 1. The van der Waals surface area contributed by atoms with Gasteiger partial charge in [-0.25, -0.2) is 4.99 Å². The van der Waals surface area contributed by atoms with Crippen LogP contribution in [-0.4, -0.2) is 33.8 Å². The molecular formula is C17H19Cl3N2O2. The fourth-order valence-corrected chi connectivity index (χ4v) is 3.59. The number of aliphatic imine (C=N–C) groups is 1. The average molecular weight is 390 g/mol. The smallest absolute Gasteiger partial charge is 0.268 e. The molecule has 0 aromatic heterocycles. The van der Waals surface area contributed by atoms with E-state index in [2.05, 4.69) is 18.8 Å². The van der Waals surface area contributed by atoms with Crippen LogP contribution in [0.25, 0.3) is 6.08 Å². The van der Waals surface area contributed by atoms with E-state index < -0.39 is 9.46 Å². The van der Waals surface area contributed by atoms with E-state index in [0.717, 1.165) is 5.56 Å². The minimum absolute atomic E-state index is 0.0581. The Labute approximate surface area is 156 Å². The maximum Gasteiger partial charge on any atom is 0.268 e. The van der Waals surface area contributed by atoms with Crippen molar-refractivity contribution in [2.24, 2.45) is 10.4 Å². The van der Waals surface area contributed by atoms with E-state index in [0.29, 0.717) is 6.42 Å². The fourth-order valence-electron chi connectivity index (χ4n) is 3.35. The van der Waals surface area contributed by atoms with Gasteiger partial charge in [0.05, 0.1) is 0 Å². The topological polar surface area (TPSA) is 34.1 Å². The van der Waals surface area contributed by atoms with Crippen molar-refractivity contribution in [2.75, 3.05) is 7.11 Å². The van der Waals surface area contributed by atoms with Crippen LogP contribution in [0.3, 0.4) is 0 Å². The van der Waals surface area contributed by atoms with Crippen LogP contribution in [0.1, 0.15) is 25.8 Å². The highest BCUT2D eigenvalue weighted by atomic mass is 35.6. The van der Waals surface area contributed by atoms with Gasteiger partial charge in [0.1, 0.15) is 0 Å². The highest BCUT2D eigenvalue weighted by Gasteiger charge is 2.62. The molecule has 0 saturated carbocycles. The van der Waals surface area contributed by atoms with Crippen molar-refractivity contribution in [1.82, 2.24) is 5.06 Å². The Morgan fingerprint density at radius 2 is 1.96 bits per heavy atom. The molecule has 7 heteroatoms. The second-order valence-corrected chi connectivity index (χ2v) is 8.99. The lowest BCUT2D eigenvalue weighted by Gasteiger charge is -2.30. The summed E-state index contributed by atoms with van der Waals surface area (Å²) in [5.41, 5.74) is 0.112. The Morgan fingerprint density at radius 1 is 1.29 bits per heavy atom. The van der Waals surface area contributed by atoms with E-state index in [1.54, 1.807) is 12.2 Å². The van der Waals surface area contributed by atoms with Crippen molar-refractivity contribution in [2.45, 2.75) is 36.0 Å². The Kier molecular flexibility index (Phi) is 4.65. The molecule has 1 saturated heterocycles. The fraction of sp³-hybridized carbons (Fsp3) is 0.471. The van der Waals surface area contributed by atoms with E-state index in [1.807, 2.05) is 42.5 Å². The summed E-state index contributed by atoms with van der Waals surface area (Å²) >= 11 is 17.9. The van der Waals surface area contributed by atoms with Crippen LogP contribution in [-0.2, 0) is 9.57 Å². The molecule has 3 rings (SSSR count). The number of methoxy groups -OCH3 is 1. The number of hydroxylamine groups is 2. The van der Waals surface area contributed by atoms with Gasteiger partial charge in [0.15, 0.2) is 11.9 Å². The number of nitrogens with zero attached hydrogens (tertiary/aromatic N) is 2. The van der Waals surface area contributed by atoms with Crippen LogP contribution in [0.4, 0.5) is 0 Å². The van der Waals surface area contributed by atoms with Gasteiger partial charge < -0.3 is 9.57 Å². The second-order valence-electron chi connectivity index (χ2n) is 6.71. The molecule has 1 aromatic carbocycles. The van der Waals surface area contributed by atoms with Gasteiger partial charge in [-0.15, -0.1) is 0 Å². The summed E-state index contributed by atoms with van der Waals surface area (Å²) in [5.74, 6) is 0.0581. The van der Waals surface area contributed by atoms with Gasteiger partial charge in [-0.05, 0) is 11.6 Å². The minimum Gasteiger partial charge on any atom is -0.381 e. The lowest BCUT2D eigenvalue weighted by atomic mass is 9.86. The molecule has 1 fully saturated rings. The summed E-state index contributed by atoms with van der Waals surface area (Å²) in [6, 6.07) is 9.96. The molecule has 0 unspecified atom stereocenters. The zero-order valence-electron chi connectivity index (χ0n) is 13.7. The van der Waals surface area contributed by atoms with Crippen molar-refractivity contribution in [3.8, 4) is 0 Å². The summed E-state index contributed by atoms with van der Waals surface area (Å²) in [4.78, 5) is 10.4. The Bertz CT molecular complexity index is 670. The standard InChI is InChI=1S/C17H19Cl3N2O2/c1-15(2)11-16(10-9-12-7-5-4-6-8-12)21-13(17(18,19)20)24-22(16)14(15)23-3/h4-10,14H,11H2,1-3H3/b10-9+/t14-,16+/m0/s1. The molecule has 24 heavy (non-hydrogen) atoms. The molecule has 0 amide bonds. The third-order valence-corrected chi connectivity index (χ3v) is 4.75. The maximum atomic E-state index is 5.98. The predicted octanol–water partition coefficient (Wildman–Crippen LogP) is 4.81. The molecule has 1 aromatic rings. The van der Waals surface area contributed by atoms with Crippen molar-refractivity contribution < 1.29 is 9.57 Å². The first-order valence-electron chi connectivity index (χ1n) is 7.59. The Hall–Kier alpha value is -0.780. The zero-order valence-corrected chi connectivity index (χ0v) is 15.9. The predicted molar refractivity (Wildman–Crippen MR) is 98.1 cm³/mol. The highest BCUT2D eigenvalue weighted by molar-refractivity contribution is 6.76. The van der Waals surface area contributed by atoms with E-state index in [1.165, 1.54) is 0 Å². The molecule has 0 spiro atoms. The van der Waals surface area contributed by atoms with Crippen molar-refractivity contribution in [3.63, 3.8) is 0 Å². The maximum absolute atomic E-state index is 5.98. The van der Waals surface area contributed by atoms with E-state index in [4.69, 9.17) is 44.4 Å². The van der Waals surface area contributed by atoms with Crippen LogP contribution in [0.5, 0.6) is 0 Å². The minimum atomic E-state index is -1.72. The first-order valence-corrected chi connectivity index (χ1v) is 8.73. The zero-order chi connectivity index (χ0) is 17.6. The van der Waals surface area contributed by atoms with Gasteiger partial charge in [0.25, 0.3) is 9.69 Å². The van der Waals surface area contributed by atoms with Crippen molar-refractivity contribution in [1.29, 1.82) is 0 Å². The van der Waals surface area contributed by atoms with E-state index in [9.17, 15) is 0 Å². The Morgan fingerprint density at radius 3 is 2.54 bits per heavy atom. The molecule has 2 atom stereocenters. The molecular weight excluding hydrogens is 371 g/mol. The number of hydrogen-bond donors (Lipinski definition) is 0. The molecule has 0 N–H and O–H groups in total. The summed E-state index contributed by atoms with van der Waals surface area (Å²) in [7, 11) is 1.64. The third kappa shape index (κ3) is 3.18. The Balaban J connectivity index is 2.02. The van der Waals surface area contributed by atoms with Gasteiger partial charge in [-0.1, -0.05) is 90.1 Å². The number of halogens is 3. The lowest BCUT2D eigenvalue weighted by molar-refractivity contribution is -0.210. The lowest BCUT2D eigenvalue weighted by Crippen LogP contribution is -2.43. The first kappa shape index (κ1) is 18.0. The monoisotopic (exact) mass is 388 g/mol. The molecule has 0 radical (unpaired) electrons.